The van der Waals surface area contributed by atoms with Crippen LogP contribution in [0.3, 0.4) is 0 Å². The highest BCUT2D eigenvalue weighted by molar-refractivity contribution is 7.39. The monoisotopic (exact) mass is 147 g/mol. The van der Waals surface area contributed by atoms with Gasteiger partial charge in [-0.05, 0) is 4.57 Å². The molecule has 0 aromatic rings. The molecule has 0 aromatic carbocycles. The van der Waals surface area contributed by atoms with Crippen LogP contribution in [0.1, 0.15) is 0 Å². The second-order valence-corrected chi connectivity index (χ2v) is 2.24. The highest BCUT2D eigenvalue weighted by Crippen LogP contribution is 2.10. The first kappa shape index (κ1) is 8.11. The Bertz CT molecular complexity index is 183. The Morgan fingerprint density at radius 3 is 2.78 bits per heavy atom. The van der Waals surface area contributed by atoms with Gasteiger partial charge in [0.25, 0.3) is 5.78 Å². The van der Waals surface area contributed by atoms with E-state index in [1.54, 1.807) is 0 Å². The first-order valence-corrected chi connectivity index (χ1v) is 3.40. The van der Waals surface area contributed by atoms with Gasteiger partial charge in [-0.25, -0.2) is 0 Å². The van der Waals surface area contributed by atoms with Crippen LogP contribution in [0.15, 0.2) is 0 Å². The molecule has 0 aliphatic heterocycles. The number of nitrogens with zero attached hydrogens (tertiary/aromatic N) is 2. The Morgan fingerprint density at radius 1 is 1.89 bits per heavy atom. The van der Waals surface area contributed by atoms with Crippen LogP contribution in [-0.2, 0) is 9.36 Å². The summed E-state index contributed by atoms with van der Waals surface area (Å²) in [7, 11) is -2.45. The summed E-state index contributed by atoms with van der Waals surface area (Å²) in [5.41, 5.74) is 7.72. The van der Waals surface area contributed by atoms with Crippen LogP contribution < -0.4 is 0 Å². The fourth-order valence-corrected chi connectivity index (χ4v) is 0.587. The van der Waals surface area contributed by atoms with E-state index in [-0.39, 0.29) is 0 Å². The molecule has 0 amide bonds. The van der Waals surface area contributed by atoms with Gasteiger partial charge in [0, 0.05) is 0 Å². The molecule has 9 heavy (non-hydrogen) atoms. The third kappa shape index (κ3) is 4.97. The molecule has 5 nitrogen and oxygen atoms in total. The van der Waals surface area contributed by atoms with Crippen LogP contribution in [0.4, 0.5) is 0 Å². The minimum atomic E-state index is -2.45. The third-order valence-corrected chi connectivity index (χ3v) is 1.08. The van der Waals surface area contributed by atoms with Gasteiger partial charge in [-0.1, -0.05) is 0 Å². The molecule has 0 aliphatic carbocycles. The second kappa shape index (κ2) is 4.04. The fourth-order valence-electron chi connectivity index (χ4n) is 0.239. The Hall–Kier alpha value is -0.890. The highest BCUT2D eigenvalue weighted by atomic mass is 31.1. The predicted molar refractivity (Wildman–Crippen MR) is 29.4 cm³/mol. The molecule has 0 heterocycles. The van der Waals surface area contributed by atoms with Crippen molar-refractivity contribution in [1.82, 2.24) is 0 Å². The van der Waals surface area contributed by atoms with E-state index in [2.05, 4.69) is 4.79 Å². The molecule has 1 unspecified atom stereocenters. The van der Waals surface area contributed by atoms with Crippen molar-refractivity contribution in [3.8, 4) is 0 Å². The van der Waals surface area contributed by atoms with Gasteiger partial charge in [0.1, 0.15) is 0 Å². The van der Waals surface area contributed by atoms with Crippen molar-refractivity contribution in [1.29, 1.82) is 0 Å². The Kier molecular flexibility index (Phi) is 3.64. The summed E-state index contributed by atoms with van der Waals surface area (Å²) in [6, 6.07) is 0. The van der Waals surface area contributed by atoms with Crippen molar-refractivity contribution in [2.45, 2.75) is 0 Å². The maximum absolute atomic E-state index is 10.2. The zero-order valence-electron chi connectivity index (χ0n) is 4.39. The number of carbonyl (C=O) groups is 1. The minimum absolute atomic E-state index is 0.487. The standard InChI is InChI=1S/C3H3N2O3P/c4-5-1-3(6)2-9(7)8/h1H,2H2/p+1. The minimum Gasteiger partial charge on any atom is -0.361 e. The summed E-state index contributed by atoms with van der Waals surface area (Å²) < 4.78 is 9.87. The molecule has 0 aliphatic rings. The van der Waals surface area contributed by atoms with Crippen LogP contribution in [0.5, 0.6) is 0 Å². The van der Waals surface area contributed by atoms with Gasteiger partial charge >= 0.3 is 14.2 Å². The van der Waals surface area contributed by atoms with E-state index in [9.17, 15) is 9.36 Å². The first-order valence-electron chi connectivity index (χ1n) is 2.00. The maximum atomic E-state index is 10.2. The SMILES string of the molecule is [N-]=[N+]=CC(=O)C[P+](=O)O. The van der Waals surface area contributed by atoms with Crippen LogP contribution in [0.2, 0.25) is 0 Å². The lowest BCUT2D eigenvalue weighted by molar-refractivity contribution is -0.113. The zero-order chi connectivity index (χ0) is 7.28. The van der Waals surface area contributed by atoms with Gasteiger partial charge in [0.15, 0.2) is 0 Å². The molecule has 0 fully saturated rings. The molecule has 0 saturated heterocycles. The van der Waals surface area contributed by atoms with Gasteiger partial charge in [0.2, 0.25) is 6.16 Å². The van der Waals surface area contributed by atoms with Crippen LogP contribution >= 0.6 is 8.03 Å². The lowest BCUT2D eigenvalue weighted by Crippen LogP contribution is -2.02. The molecule has 48 valence electrons. The van der Waals surface area contributed by atoms with Gasteiger partial charge in [-0.15, -0.1) is 0 Å². The Morgan fingerprint density at radius 2 is 2.44 bits per heavy atom. The van der Waals surface area contributed by atoms with Crippen molar-refractivity contribution in [2.75, 3.05) is 6.16 Å². The van der Waals surface area contributed by atoms with Crippen LogP contribution in [0, 0.1) is 0 Å². The summed E-state index contributed by atoms with van der Waals surface area (Å²) in [4.78, 5) is 20.7. The maximum Gasteiger partial charge on any atom is 0.514 e. The number of hydrogen-bond acceptors (Lipinski definition) is 2. The average molecular weight is 147 g/mol. The average Bonchev–Trinajstić information content (AvgIpc) is 1.63. The number of rotatable bonds is 3. The van der Waals surface area contributed by atoms with E-state index >= 15 is 0 Å². The van der Waals surface area contributed by atoms with E-state index in [4.69, 9.17) is 10.4 Å². The van der Waals surface area contributed by atoms with Crippen LogP contribution in [0.25, 0.3) is 5.53 Å². The van der Waals surface area contributed by atoms with E-state index in [1.165, 1.54) is 0 Å². The molecule has 0 rings (SSSR count). The summed E-state index contributed by atoms with van der Waals surface area (Å²) >= 11 is 0. The van der Waals surface area contributed by atoms with E-state index < -0.39 is 20.0 Å². The number of ketones is 1. The fraction of sp³-hybridized carbons (Fsp3) is 0.333. The number of hydrogen-bond donors (Lipinski definition) is 1. The molecule has 1 N–H and O–H groups in total. The molecular formula is C3H4N2O3P+. The normalized spacial score (nSPS) is 9.67. The summed E-state index contributed by atoms with van der Waals surface area (Å²) in [5.74, 6) is -0.666. The quantitative estimate of drug-likeness (QED) is 0.254. The van der Waals surface area contributed by atoms with Gasteiger partial charge in [0.05, 0.1) is 0 Å². The summed E-state index contributed by atoms with van der Waals surface area (Å²) in [6.07, 6.45) is 0.100. The first-order chi connectivity index (χ1) is 4.16. The number of carbonyl (C=O) groups excluding carboxylic acids is 1. The van der Waals surface area contributed by atoms with Crippen molar-refractivity contribution in [3.63, 3.8) is 0 Å². The van der Waals surface area contributed by atoms with Crippen molar-refractivity contribution < 1.29 is 19.0 Å². The van der Waals surface area contributed by atoms with Gasteiger partial charge < -0.3 is 5.53 Å². The predicted octanol–water partition coefficient (Wildman–Crippen LogP) is -0.409. The lowest BCUT2D eigenvalue weighted by Gasteiger charge is -1.66. The smallest absolute Gasteiger partial charge is 0.361 e. The lowest BCUT2D eigenvalue weighted by atomic mass is 10.5. The van der Waals surface area contributed by atoms with E-state index in [1.807, 2.05) is 0 Å². The molecule has 6 heteroatoms. The zero-order valence-corrected chi connectivity index (χ0v) is 5.28. The van der Waals surface area contributed by atoms with Gasteiger partial charge in [-0.3, -0.25) is 4.79 Å². The molecule has 0 spiro atoms. The van der Waals surface area contributed by atoms with Crippen molar-refractivity contribution in [2.24, 2.45) is 0 Å². The Labute approximate surface area is 51.8 Å². The largest absolute Gasteiger partial charge is 0.514 e. The molecular weight excluding hydrogens is 143 g/mol. The third-order valence-electron chi connectivity index (χ3n) is 0.493. The highest BCUT2D eigenvalue weighted by Gasteiger charge is 2.18. The van der Waals surface area contributed by atoms with Crippen LogP contribution in [-0.4, -0.2) is 27.8 Å². The topological polar surface area (TPSA) is 90.8 Å². The van der Waals surface area contributed by atoms with E-state index in [0.717, 1.165) is 0 Å². The Balaban J connectivity index is 3.78. The molecule has 0 radical (unpaired) electrons. The summed E-state index contributed by atoms with van der Waals surface area (Å²) in [5, 5.41) is 0. The van der Waals surface area contributed by atoms with Crippen molar-refractivity contribution in [3.05, 3.63) is 5.53 Å². The number of Topliss-reactive ketones (excluding diaryl/α,β-unsaturated/α-hetero) is 1. The molecule has 0 bridgehead atoms. The second-order valence-electron chi connectivity index (χ2n) is 1.22. The molecule has 0 saturated carbocycles. The molecule has 1 atom stereocenters. The van der Waals surface area contributed by atoms with Crippen molar-refractivity contribution >= 4 is 20.0 Å². The molecule has 0 aromatic heterocycles. The van der Waals surface area contributed by atoms with E-state index in [0.29, 0.717) is 6.21 Å². The summed E-state index contributed by atoms with van der Waals surface area (Å²) in [6.45, 7) is 0. The van der Waals surface area contributed by atoms with Gasteiger partial charge in [-0.2, -0.15) is 9.68 Å².